The summed E-state index contributed by atoms with van der Waals surface area (Å²) in [6, 6.07) is 3.83. The van der Waals surface area contributed by atoms with E-state index in [4.69, 9.17) is 0 Å². The molecule has 1 heterocycles. The lowest BCUT2D eigenvalue weighted by atomic mass is 10.0. The minimum atomic E-state index is -4.50. The third kappa shape index (κ3) is 4.35. The average Bonchev–Trinajstić information content (AvgIpc) is 2.41. The van der Waals surface area contributed by atoms with Crippen LogP contribution in [-0.2, 0) is 12.6 Å². The van der Waals surface area contributed by atoms with Crippen molar-refractivity contribution in [1.29, 1.82) is 0 Å². The summed E-state index contributed by atoms with van der Waals surface area (Å²) in [6.45, 7) is 4.88. The molecule has 1 N–H and O–H groups in total. The topological polar surface area (TPSA) is 26.7 Å². The maximum atomic E-state index is 12.7. The number of aromatic hydroxyl groups is 1. The Morgan fingerprint density at radius 1 is 1.14 bits per heavy atom. The predicted molar refractivity (Wildman–Crippen MR) is 75.4 cm³/mol. The van der Waals surface area contributed by atoms with Gasteiger partial charge >= 0.3 is 6.18 Å². The molecule has 1 aromatic carbocycles. The number of rotatable bonds is 4. The van der Waals surface area contributed by atoms with Gasteiger partial charge in [0.05, 0.1) is 5.56 Å². The number of halogens is 3. The number of likely N-dealkylation sites (N-methyl/N-ethyl adjacent to an activating group) is 1. The van der Waals surface area contributed by atoms with Gasteiger partial charge in [0.15, 0.2) is 0 Å². The summed E-state index contributed by atoms with van der Waals surface area (Å²) in [6.07, 6.45) is -3.29. The summed E-state index contributed by atoms with van der Waals surface area (Å²) < 4.78 is 38.1. The van der Waals surface area contributed by atoms with Gasteiger partial charge in [0.25, 0.3) is 0 Å². The zero-order valence-electron chi connectivity index (χ0n) is 12.2. The van der Waals surface area contributed by atoms with Crippen molar-refractivity contribution in [2.24, 2.45) is 0 Å². The molecule has 1 aliphatic heterocycles. The highest BCUT2D eigenvalue weighted by molar-refractivity contribution is 5.42. The van der Waals surface area contributed by atoms with Crippen LogP contribution in [0.2, 0.25) is 0 Å². The number of phenols is 1. The molecular weight excluding hydrogens is 281 g/mol. The Bertz CT molecular complexity index is 468. The van der Waals surface area contributed by atoms with Gasteiger partial charge in [-0.15, -0.1) is 0 Å². The van der Waals surface area contributed by atoms with Crippen molar-refractivity contribution < 1.29 is 18.3 Å². The highest BCUT2D eigenvalue weighted by Crippen LogP contribution is 2.37. The second-order valence-corrected chi connectivity index (χ2v) is 5.56. The Kier molecular flexibility index (Phi) is 5.11. The van der Waals surface area contributed by atoms with Gasteiger partial charge in [0.1, 0.15) is 5.75 Å². The fraction of sp³-hybridized carbons (Fsp3) is 0.600. The maximum absolute atomic E-state index is 12.7. The maximum Gasteiger partial charge on any atom is 0.419 e. The summed E-state index contributed by atoms with van der Waals surface area (Å²) in [5.41, 5.74) is -0.571. The first-order valence-corrected chi connectivity index (χ1v) is 7.17. The molecule has 6 heteroatoms. The van der Waals surface area contributed by atoms with Gasteiger partial charge in [-0.05, 0) is 38.1 Å². The van der Waals surface area contributed by atoms with Crippen LogP contribution in [0.15, 0.2) is 18.2 Å². The molecule has 0 aromatic heterocycles. The van der Waals surface area contributed by atoms with E-state index in [1.807, 2.05) is 0 Å². The van der Waals surface area contributed by atoms with Gasteiger partial charge in [-0.3, -0.25) is 0 Å². The smallest absolute Gasteiger partial charge is 0.419 e. The Morgan fingerprint density at radius 2 is 1.81 bits per heavy atom. The molecule has 0 spiro atoms. The van der Waals surface area contributed by atoms with Gasteiger partial charge in [-0.1, -0.05) is 12.1 Å². The van der Waals surface area contributed by atoms with Gasteiger partial charge in [0, 0.05) is 26.2 Å². The number of alkyl halides is 3. The third-order valence-corrected chi connectivity index (χ3v) is 3.94. The molecule has 3 nitrogen and oxygen atoms in total. The number of benzene rings is 1. The first-order valence-electron chi connectivity index (χ1n) is 7.17. The molecule has 0 amide bonds. The van der Waals surface area contributed by atoms with Crippen molar-refractivity contribution in [3.05, 3.63) is 29.3 Å². The molecule has 0 aliphatic carbocycles. The zero-order valence-corrected chi connectivity index (χ0v) is 12.2. The summed E-state index contributed by atoms with van der Waals surface area (Å²) >= 11 is 0. The number of para-hydroxylation sites is 1. The van der Waals surface area contributed by atoms with Crippen LogP contribution >= 0.6 is 0 Å². The van der Waals surface area contributed by atoms with Gasteiger partial charge in [-0.2, -0.15) is 13.2 Å². The second-order valence-electron chi connectivity index (χ2n) is 5.56. The fourth-order valence-corrected chi connectivity index (χ4v) is 2.59. The van der Waals surface area contributed by atoms with Crippen molar-refractivity contribution in [3.63, 3.8) is 0 Å². The van der Waals surface area contributed by atoms with Crippen molar-refractivity contribution >= 4 is 0 Å². The summed E-state index contributed by atoms with van der Waals surface area (Å²) in [5.74, 6) is -0.622. The number of phenolic OH excluding ortho intramolecular Hbond substituents is 1. The first kappa shape index (κ1) is 16.1. The van der Waals surface area contributed by atoms with E-state index in [-0.39, 0.29) is 0 Å². The van der Waals surface area contributed by atoms with E-state index < -0.39 is 17.5 Å². The van der Waals surface area contributed by atoms with Crippen LogP contribution in [0.25, 0.3) is 0 Å². The van der Waals surface area contributed by atoms with Gasteiger partial charge in [-0.25, -0.2) is 0 Å². The van der Waals surface area contributed by atoms with Crippen molar-refractivity contribution in [1.82, 2.24) is 9.80 Å². The molecule has 1 saturated heterocycles. The number of hydrogen-bond acceptors (Lipinski definition) is 3. The molecule has 21 heavy (non-hydrogen) atoms. The molecule has 118 valence electrons. The molecule has 0 radical (unpaired) electrons. The zero-order chi connectivity index (χ0) is 15.5. The number of piperazine rings is 1. The molecule has 0 unspecified atom stereocenters. The number of hydrogen-bond donors (Lipinski definition) is 1. The molecule has 1 aliphatic rings. The lowest BCUT2D eigenvalue weighted by Crippen LogP contribution is -2.44. The highest BCUT2D eigenvalue weighted by atomic mass is 19.4. The minimum Gasteiger partial charge on any atom is -0.507 e. The standard InChI is InChI=1S/C15H21F3N2O/c1-19-8-10-20(11-9-19)7-3-5-12-4-2-6-13(14(12)21)15(16,17)18/h2,4,6,21H,3,5,7-11H2,1H3. The predicted octanol–water partition coefficient (Wildman–Crippen LogP) is 2.59. The first-order chi connectivity index (χ1) is 9.88. The van der Waals surface area contributed by atoms with Crippen LogP contribution in [0.4, 0.5) is 13.2 Å². The molecule has 0 saturated carbocycles. The fourth-order valence-electron chi connectivity index (χ4n) is 2.59. The van der Waals surface area contributed by atoms with Gasteiger partial charge < -0.3 is 14.9 Å². The summed E-state index contributed by atoms with van der Waals surface area (Å²) in [5, 5.41) is 9.76. The van der Waals surface area contributed by atoms with Crippen LogP contribution in [0.3, 0.4) is 0 Å². The monoisotopic (exact) mass is 302 g/mol. The molecule has 2 rings (SSSR count). The number of aryl methyl sites for hydroxylation is 1. The Balaban J connectivity index is 1.89. The molecule has 1 aromatic rings. The van der Waals surface area contributed by atoms with Gasteiger partial charge in [0.2, 0.25) is 0 Å². The normalized spacial score (nSPS) is 18.1. The van der Waals surface area contributed by atoms with Crippen molar-refractivity contribution in [2.45, 2.75) is 19.0 Å². The molecular formula is C15H21F3N2O. The van der Waals surface area contributed by atoms with Crippen molar-refractivity contribution in [3.8, 4) is 5.75 Å². The lowest BCUT2D eigenvalue weighted by molar-refractivity contribution is -0.138. The van der Waals surface area contributed by atoms with E-state index in [1.165, 1.54) is 6.07 Å². The largest absolute Gasteiger partial charge is 0.507 e. The van der Waals surface area contributed by atoms with E-state index in [9.17, 15) is 18.3 Å². The molecule has 0 bridgehead atoms. The van der Waals surface area contributed by atoms with Crippen LogP contribution in [-0.4, -0.2) is 54.7 Å². The summed E-state index contributed by atoms with van der Waals surface area (Å²) in [7, 11) is 2.08. The minimum absolute atomic E-state index is 0.374. The highest BCUT2D eigenvalue weighted by Gasteiger charge is 2.34. The summed E-state index contributed by atoms with van der Waals surface area (Å²) in [4.78, 5) is 4.57. The SMILES string of the molecule is CN1CCN(CCCc2cccc(C(F)(F)F)c2O)CC1. The van der Waals surface area contributed by atoms with Crippen LogP contribution in [0, 0.1) is 0 Å². The van der Waals surface area contributed by atoms with E-state index in [1.54, 1.807) is 6.07 Å². The second kappa shape index (κ2) is 6.66. The van der Waals surface area contributed by atoms with E-state index in [0.717, 1.165) is 45.2 Å². The Labute approximate surface area is 123 Å². The quantitative estimate of drug-likeness (QED) is 0.926. The Morgan fingerprint density at radius 3 is 2.43 bits per heavy atom. The average molecular weight is 302 g/mol. The van der Waals surface area contributed by atoms with E-state index in [0.29, 0.717) is 12.0 Å². The van der Waals surface area contributed by atoms with Crippen LogP contribution in [0.1, 0.15) is 17.5 Å². The number of nitrogens with zero attached hydrogens (tertiary/aromatic N) is 2. The molecule has 1 fully saturated rings. The Hall–Kier alpha value is -1.27. The van der Waals surface area contributed by atoms with E-state index >= 15 is 0 Å². The van der Waals surface area contributed by atoms with Crippen LogP contribution in [0.5, 0.6) is 5.75 Å². The lowest BCUT2D eigenvalue weighted by Gasteiger charge is -2.32. The van der Waals surface area contributed by atoms with Crippen molar-refractivity contribution in [2.75, 3.05) is 39.8 Å². The molecule has 0 atom stereocenters. The van der Waals surface area contributed by atoms with Crippen LogP contribution < -0.4 is 0 Å². The van der Waals surface area contributed by atoms with E-state index in [2.05, 4.69) is 16.8 Å². The third-order valence-electron chi connectivity index (χ3n) is 3.94.